The third kappa shape index (κ3) is 20.2. The lowest BCUT2D eigenvalue weighted by atomic mass is 9.85. The maximum atomic E-state index is 14.0. The Morgan fingerprint density at radius 2 is 1.41 bits per heavy atom. The first kappa shape index (κ1) is 71.3. The Balaban J connectivity index is 0.616. The van der Waals surface area contributed by atoms with E-state index in [1.807, 2.05) is 80.6 Å². The van der Waals surface area contributed by atoms with Crippen LogP contribution < -0.4 is 30.9 Å². The maximum absolute atomic E-state index is 14.0. The number of thiazole rings is 1. The number of β-amino-alcohol motifs (C(OH)–C–C–N with tert-alkyl or cyclic N) is 1. The molecule has 2 aromatic heterocycles. The molecule has 3 aliphatic rings. The van der Waals surface area contributed by atoms with Gasteiger partial charge in [-0.1, -0.05) is 68.8 Å². The van der Waals surface area contributed by atoms with Crippen LogP contribution in [0.25, 0.3) is 10.4 Å². The number of piperidine rings is 1. The van der Waals surface area contributed by atoms with E-state index in [2.05, 4.69) is 46.0 Å². The molecule has 5 aromatic rings. The van der Waals surface area contributed by atoms with Crippen molar-refractivity contribution < 1.29 is 61.1 Å². The van der Waals surface area contributed by atoms with Crippen LogP contribution in [0.5, 0.6) is 5.75 Å². The maximum Gasteiger partial charge on any atom is 0.246 e. The number of sulfone groups is 1. The minimum atomic E-state index is -3.58. The van der Waals surface area contributed by atoms with Gasteiger partial charge in [0.05, 0.1) is 130 Å². The van der Waals surface area contributed by atoms with E-state index in [1.165, 1.54) is 11.1 Å². The molecule has 0 aliphatic carbocycles. The summed E-state index contributed by atoms with van der Waals surface area (Å²) in [6.07, 6.45) is 3.00. The number of aromatic nitrogens is 3. The lowest BCUT2D eigenvalue weighted by Gasteiger charge is -2.43. The molecule has 3 aliphatic heterocycles. The zero-order valence-corrected chi connectivity index (χ0v) is 56.2. The van der Waals surface area contributed by atoms with Crippen LogP contribution in [0, 0.1) is 12.3 Å². The minimum absolute atomic E-state index is 0.0130. The zero-order chi connectivity index (χ0) is 65.8. The third-order valence-electron chi connectivity index (χ3n) is 16.4. The zero-order valence-electron chi connectivity index (χ0n) is 53.8. The summed E-state index contributed by atoms with van der Waals surface area (Å²) in [5.41, 5.74) is 6.07. The van der Waals surface area contributed by atoms with Crippen LogP contribution in [0.15, 0.2) is 83.3 Å². The summed E-state index contributed by atoms with van der Waals surface area (Å²) in [6.45, 7) is 19.0. The summed E-state index contributed by atoms with van der Waals surface area (Å²) in [5.74, 6) is 0.0265. The molecule has 8 rings (SSSR count). The number of nitrogens with zero attached hydrogens (tertiary/aromatic N) is 7. The number of carbonyl (C=O) groups is 4. The molecule has 27 heteroatoms. The largest absolute Gasteiger partial charge is 0.494 e. The molecule has 502 valence electrons. The fourth-order valence-electron chi connectivity index (χ4n) is 11.1. The molecular formula is C65H90ClN11O13S2. The van der Waals surface area contributed by atoms with Crippen LogP contribution in [0.3, 0.4) is 0 Å². The highest BCUT2D eigenvalue weighted by Gasteiger charge is 2.44. The average molecular weight is 1330 g/mol. The van der Waals surface area contributed by atoms with Crippen LogP contribution in [-0.2, 0) is 59.2 Å². The number of likely N-dealkylation sites (tertiary alicyclic amines) is 1. The monoisotopic (exact) mass is 1330 g/mol. The number of piperazine rings is 1. The van der Waals surface area contributed by atoms with E-state index >= 15 is 0 Å². The number of aliphatic hydroxyl groups is 1. The van der Waals surface area contributed by atoms with Crippen molar-refractivity contribution in [2.24, 2.45) is 5.41 Å². The van der Waals surface area contributed by atoms with E-state index in [0.717, 1.165) is 66.4 Å². The first-order valence-electron chi connectivity index (χ1n) is 31.5. The number of ether oxygens (including phenoxy) is 6. The van der Waals surface area contributed by atoms with Gasteiger partial charge >= 0.3 is 0 Å². The Morgan fingerprint density at radius 1 is 0.783 bits per heavy atom. The van der Waals surface area contributed by atoms with Crippen LogP contribution in [-0.4, -0.2) is 215 Å². The Labute approximate surface area is 549 Å². The Kier molecular flexibility index (Phi) is 26.7. The van der Waals surface area contributed by atoms with Gasteiger partial charge in [0.1, 0.15) is 22.9 Å². The number of nitrogens with one attached hydrogen (secondary N) is 4. The van der Waals surface area contributed by atoms with Gasteiger partial charge in [0.2, 0.25) is 29.6 Å². The lowest BCUT2D eigenvalue weighted by molar-refractivity contribution is -0.144. The van der Waals surface area contributed by atoms with Gasteiger partial charge < -0.3 is 69.5 Å². The summed E-state index contributed by atoms with van der Waals surface area (Å²) in [6, 6.07) is 19.1. The number of para-hydroxylation sites is 1. The third-order valence-corrected chi connectivity index (χ3v) is 19.9. The van der Waals surface area contributed by atoms with Crippen molar-refractivity contribution in [3.05, 3.63) is 94.7 Å². The molecule has 0 spiro atoms. The Morgan fingerprint density at radius 3 is 2.02 bits per heavy atom. The van der Waals surface area contributed by atoms with Crippen LogP contribution in [0.1, 0.15) is 78.0 Å². The molecule has 3 atom stereocenters. The van der Waals surface area contributed by atoms with E-state index in [1.54, 1.807) is 56.6 Å². The van der Waals surface area contributed by atoms with Gasteiger partial charge in [0.15, 0.2) is 15.7 Å². The van der Waals surface area contributed by atoms with Crippen molar-refractivity contribution in [2.75, 3.05) is 135 Å². The molecule has 5 heterocycles. The second kappa shape index (κ2) is 34.5. The van der Waals surface area contributed by atoms with Crippen molar-refractivity contribution in [1.82, 2.24) is 40.3 Å². The van der Waals surface area contributed by atoms with Crippen molar-refractivity contribution in [1.29, 1.82) is 0 Å². The van der Waals surface area contributed by atoms with Crippen molar-refractivity contribution in [3.8, 4) is 16.2 Å². The van der Waals surface area contributed by atoms with E-state index in [0.29, 0.717) is 95.5 Å². The summed E-state index contributed by atoms with van der Waals surface area (Å²) in [5, 5.41) is 22.3. The number of hydrogen-bond donors (Lipinski definition) is 5. The fourth-order valence-corrected chi connectivity index (χ4v) is 13.3. The van der Waals surface area contributed by atoms with Crippen molar-refractivity contribution >= 4 is 85.2 Å². The highest BCUT2D eigenvalue weighted by Crippen LogP contribution is 2.36. The topological polar surface area (TPSA) is 278 Å². The van der Waals surface area contributed by atoms with Crippen LogP contribution in [0.4, 0.5) is 28.8 Å². The number of aryl methyl sites for hydroxylation is 1. The number of anilines is 5. The van der Waals surface area contributed by atoms with E-state index < -0.39 is 44.6 Å². The molecule has 24 nitrogen and oxygen atoms in total. The van der Waals surface area contributed by atoms with Crippen molar-refractivity contribution in [3.63, 3.8) is 0 Å². The number of halogens is 1. The van der Waals surface area contributed by atoms with Crippen LogP contribution in [0.2, 0.25) is 5.02 Å². The molecule has 0 radical (unpaired) electrons. The van der Waals surface area contributed by atoms with E-state index in [9.17, 15) is 32.7 Å². The first-order chi connectivity index (χ1) is 44.2. The summed E-state index contributed by atoms with van der Waals surface area (Å²) in [4.78, 5) is 76.2. The Bertz CT molecular complexity index is 3320. The molecule has 5 N–H and O–H groups in total. The summed E-state index contributed by atoms with van der Waals surface area (Å²) in [7, 11) is -1.97. The molecule has 0 saturated carbocycles. The standard InChI is InChI=1S/C65H90ClN11O13S2/c1-44(2)92(83,84)56-11-9-8-10-53(56)70-61-51(66)41-68-64(73-61)71-52-17-16-49(38-55(52)85-7)74-22-18-48(19-23-74)75-24-26-76(27-25-75)58(80)21-29-87-31-33-89-35-37-90-36-34-88-32-30-86-28-20-57(79)72-60(65(4,5)6)63(82)77-42-50(78)39-54(77)62(81)67-40-46-12-14-47(15-13-46)59-45(3)69-43-91-59/h8-17,38,41,43-44,48,50,54,60,78H,18-37,39-40,42H2,1-7H3,(H,67,81)(H,72,79)(H2,68,70,71,73)/t50-,54+,60-/m1/s1. The van der Waals surface area contributed by atoms with Crippen LogP contribution >= 0.6 is 22.9 Å². The molecular weight excluding hydrogens is 1240 g/mol. The van der Waals surface area contributed by atoms with Gasteiger partial charge in [-0.25, -0.2) is 18.4 Å². The predicted molar refractivity (Wildman–Crippen MR) is 354 cm³/mol. The van der Waals surface area contributed by atoms with Gasteiger partial charge in [0, 0.05) is 83.0 Å². The van der Waals surface area contributed by atoms with Gasteiger partial charge in [0.25, 0.3) is 0 Å². The summed E-state index contributed by atoms with van der Waals surface area (Å²) >= 11 is 8.05. The molecule has 0 bridgehead atoms. The lowest BCUT2D eigenvalue weighted by Crippen LogP contribution is -2.57. The van der Waals surface area contributed by atoms with E-state index in [4.69, 9.17) is 40.0 Å². The smallest absolute Gasteiger partial charge is 0.246 e. The first-order valence-corrected chi connectivity index (χ1v) is 34.3. The average Bonchev–Trinajstić information content (AvgIpc) is 1.30. The van der Waals surface area contributed by atoms with Crippen molar-refractivity contribution in [2.45, 2.75) is 115 Å². The molecule has 3 fully saturated rings. The number of hydrogen-bond acceptors (Lipinski definition) is 21. The molecule has 0 unspecified atom stereocenters. The van der Waals surface area contributed by atoms with Gasteiger partial charge in [-0.3, -0.25) is 24.1 Å². The minimum Gasteiger partial charge on any atom is -0.494 e. The molecule has 4 amide bonds. The number of benzene rings is 3. The predicted octanol–water partition coefficient (Wildman–Crippen LogP) is 7.03. The van der Waals surface area contributed by atoms with Gasteiger partial charge in [-0.05, 0) is 74.4 Å². The normalized spacial score (nSPS) is 17.0. The highest BCUT2D eigenvalue weighted by atomic mass is 35.5. The SMILES string of the molecule is COc1cc(N2CCC(N3CCN(C(=O)CCOCCOCCOCCOCCOCCC(=O)N[C@H](C(=O)N4C[C@H](O)C[C@H]4C(=O)NCc4ccc(-c5scnc5C)cc4)C(C)(C)C)CC3)CC2)ccc1Nc1ncc(Cl)c(Nc2ccccc2S(=O)(=O)C(C)C)n1. The molecule has 92 heavy (non-hydrogen) atoms. The number of methoxy groups -OCH3 is 1. The quantitative estimate of drug-likeness (QED) is 0.0264. The summed E-state index contributed by atoms with van der Waals surface area (Å²) < 4.78 is 60.1. The number of carbonyl (C=O) groups excluding carboxylic acids is 4. The number of rotatable bonds is 33. The molecule has 3 aromatic carbocycles. The fraction of sp³-hybridized carbons (Fsp3) is 0.554. The molecule has 3 saturated heterocycles. The van der Waals surface area contributed by atoms with E-state index in [-0.39, 0.29) is 78.6 Å². The number of aliphatic hydroxyl groups excluding tert-OH is 1. The Hall–Kier alpha value is -6.59. The van der Waals surface area contributed by atoms with Gasteiger partial charge in [-0.2, -0.15) is 4.98 Å². The second-order valence-electron chi connectivity index (χ2n) is 24.3. The van der Waals surface area contributed by atoms with Gasteiger partial charge in [-0.15, -0.1) is 11.3 Å². The highest BCUT2D eigenvalue weighted by molar-refractivity contribution is 7.92. The second-order valence-corrected chi connectivity index (χ2v) is 28.0. The number of amides is 4.